The van der Waals surface area contributed by atoms with Gasteiger partial charge in [0.2, 0.25) is 0 Å². The van der Waals surface area contributed by atoms with E-state index in [1.165, 1.54) is 5.56 Å². The summed E-state index contributed by atoms with van der Waals surface area (Å²) in [4.78, 5) is 0. The van der Waals surface area contributed by atoms with Gasteiger partial charge in [0.05, 0.1) is 11.6 Å². The molecule has 0 atom stereocenters. The topological polar surface area (TPSA) is 23.8 Å². The van der Waals surface area contributed by atoms with E-state index in [1.54, 1.807) is 0 Å². The van der Waals surface area contributed by atoms with Crippen LogP contribution in [0.4, 0.5) is 0 Å². The first-order valence-electron chi connectivity index (χ1n) is 4.72. The summed E-state index contributed by atoms with van der Waals surface area (Å²) >= 11 is 0. The minimum absolute atomic E-state index is 0.701. The Balaban J connectivity index is 2.71. The molecule has 0 unspecified atom stereocenters. The van der Waals surface area contributed by atoms with E-state index in [0.717, 1.165) is 18.4 Å². The van der Waals surface area contributed by atoms with E-state index in [9.17, 15) is 0 Å². The molecule has 0 saturated carbocycles. The number of benzene rings is 1. The first-order valence-corrected chi connectivity index (χ1v) is 4.72. The fourth-order valence-corrected chi connectivity index (χ4v) is 1.29. The van der Waals surface area contributed by atoms with Gasteiger partial charge < -0.3 is 0 Å². The quantitative estimate of drug-likeness (QED) is 0.688. The van der Waals surface area contributed by atoms with Crippen LogP contribution in [0.2, 0.25) is 0 Å². The van der Waals surface area contributed by atoms with E-state index in [0.29, 0.717) is 5.92 Å². The molecule has 0 aliphatic rings. The van der Waals surface area contributed by atoms with Crippen LogP contribution in [0.5, 0.6) is 0 Å². The van der Waals surface area contributed by atoms with Crippen molar-refractivity contribution in [2.45, 2.75) is 26.7 Å². The second kappa shape index (κ2) is 4.67. The zero-order valence-electron chi connectivity index (χ0n) is 8.25. The van der Waals surface area contributed by atoms with Gasteiger partial charge in [-0.3, -0.25) is 0 Å². The van der Waals surface area contributed by atoms with E-state index in [4.69, 9.17) is 5.26 Å². The summed E-state index contributed by atoms with van der Waals surface area (Å²) in [6, 6.07) is 10.1. The Morgan fingerprint density at radius 1 is 1.31 bits per heavy atom. The van der Waals surface area contributed by atoms with Crippen LogP contribution in [0, 0.1) is 17.2 Å². The standard InChI is InChI=1S/C12H15N/c1-10(2)7-8-11-5-3-4-6-12(11)9-13/h3-6,10H,7-8H2,1-2H3. The summed E-state index contributed by atoms with van der Waals surface area (Å²) in [6.07, 6.45) is 2.17. The molecule has 1 rings (SSSR count). The number of rotatable bonds is 3. The molecule has 0 N–H and O–H groups in total. The van der Waals surface area contributed by atoms with Crippen molar-refractivity contribution in [3.63, 3.8) is 0 Å². The van der Waals surface area contributed by atoms with E-state index in [-0.39, 0.29) is 0 Å². The molecule has 68 valence electrons. The average molecular weight is 173 g/mol. The number of nitriles is 1. The molecule has 0 aliphatic heterocycles. The highest BCUT2D eigenvalue weighted by molar-refractivity contribution is 5.37. The van der Waals surface area contributed by atoms with Crippen molar-refractivity contribution >= 4 is 0 Å². The molecule has 0 aromatic heterocycles. The van der Waals surface area contributed by atoms with Gasteiger partial charge in [-0.1, -0.05) is 32.0 Å². The largest absolute Gasteiger partial charge is 0.192 e. The SMILES string of the molecule is CC(C)CCc1ccccc1C#N. The highest BCUT2D eigenvalue weighted by Gasteiger charge is 2.01. The van der Waals surface area contributed by atoms with Gasteiger partial charge >= 0.3 is 0 Å². The van der Waals surface area contributed by atoms with Crippen LogP contribution in [0.15, 0.2) is 24.3 Å². The molecule has 13 heavy (non-hydrogen) atoms. The van der Waals surface area contributed by atoms with Gasteiger partial charge in [0.25, 0.3) is 0 Å². The molecule has 1 nitrogen and oxygen atoms in total. The maximum atomic E-state index is 8.83. The Hall–Kier alpha value is -1.29. The Labute approximate surface area is 80.0 Å². The fraction of sp³-hybridized carbons (Fsp3) is 0.417. The molecule has 1 aromatic carbocycles. The first kappa shape index (κ1) is 9.80. The van der Waals surface area contributed by atoms with Crippen LogP contribution in [-0.2, 0) is 6.42 Å². The molecule has 0 saturated heterocycles. The molecule has 0 aliphatic carbocycles. The van der Waals surface area contributed by atoms with E-state index in [1.807, 2.05) is 24.3 Å². The number of hydrogen-bond donors (Lipinski definition) is 0. The maximum absolute atomic E-state index is 8.83. The lowest BCUT2D eigenvalue weighted by molar-refractivity contribution is 0.586. The molecule has 0 radical (unpaired) electrons. The Kier molecular flexibility index (Phi) is 3.52. The van der Waals surface area contributed by atoms with Crippen molar-refractivity contribution in [2.24, 2.45) is 5.92 Å². The van der Waals surface area contributed by atoms with Gasteiger partial charge in [-0.2, -0.15) is 5.26 Å². The van der Waals surface area contributed by atoms with Crippen molar-refractivity contribution in [1.82, 2.24) is 0 Å². The number of nitrogens with zero attached hydrogens (tertiary/aromatic N) is 1. The van der Waals surface area contributed by atoms with Gasteiger partial charge in [0.15, 0.2) is 0 Å². The minimum Gasteiger partial charge on any atom is -0.192 e. The predicted molar refractivity (Wildman–Crippen MR) is 54.3 cm³/mol. The van der Waals surface area contributed by atoms with Gasteiger partial charge in [-0.15, -0.1) is 0 Å². The second-order valence-electron chi connectivity index (χ2n) is 3.70. The summed E-state index contributed by atoms with van der Waals surface area (Å²) in [5, 5.41) is 8.83. The monoisotopic (exact) mass is 173 g/mol. The van der Waals surface area contributed by atoms with Crippen LogP contribution in [-0.4, -0.2) is 0 Å². The Morgan fingerprint density at radius 3 is 2.62 bits per heavy atom. The molecule has 1 heteroatoms. The number of hydrogen-bond acceptors (Lipinski definition) is 1. The smallest absolute Gasteiger partial charge is 0.0994 e. The minimum atomic E-state index is 0.701. The van der Waals surface area contributed by atoms with Crippen molar-refractivity contribution < 1.29 is 0 Å². The summed E-state index contributed by atoms with van der Waals surface area (Å²) < 4.78 is 0. The third-order valence-corrected chi connectivity index (χ3v) is 2.13. The zero-order chi connectivity index (χ0) is 9.68. The predicted octanol–water partition coefficient (Wildman–Crippen LogP) is 3.15. The highest BCUT2D eigenvalue weighted by atomic mass is 14.2. The van der Waals surface area contributed by atoms with Crippen molar-refractivity contribution in [3.8, 4) is 6.07 Å². The Bertz CT molecular complexity index is 307. The van der Waals surface area contributed by atoms with Crippen LogP contribution >= 0.6 is 0 Å². The summed E-state index contributed by atoms with van der Waals surface area (Å²) in [5.41, 5.74) is 2.00. The molecule has 0 heterocycles. The lowest BCUT2D eigenvalue weighted by Gasteiger charge is -2.05. The molecular weight excluding hydrogens is 158 g/mol. The molecule has 0 fully saturated rings. The first-order chi connectivity index (χ1) is 6.24. The van der Waals surface area contributed by atoms with Crippen LogP contribution in [0.3, 0.4) is 0 Å². The van der Waals surface area contributed by atoms with Crippen molar-refractivity contribution in [2.75, 3.05) is 0 Å². The third-order valence-electron chi connectivity index (χ3n) is 2.13. The fourth-order valence-electron chi connectivity index (χ4n) is 1.29. The van der Waals surface area contributed by atoms with E-state index < -0.39 is 0 Å². The molecular formula is C12H15N. The van der Waals surface area contributed by atoms with E-state index >= 15 is 0 Å². The number of aryl methyl sites for hydroxylation is 1. The zero-order valence-corrected chi connectivity index (χ0v) is 8.25. The summed E-state index contributed by atoms with van der Waals surface area (Å²) in [6.45, 7) is 4.41. The highest BCUT2D eigenvalue weighted by Crippen LogP contribution is 2.12. The van der Waals surface area contributed by atoms with Crippen molar-refractivity contribution in [3.05, 3.63) is 35.4 Å². The van der Waals surface area contributed by atoms with Gasteiger partial charge in [-0.25, -0.2) is 0 Å². The van der Waals surface area contributed by atoms with Crippen molar-refractivity contribution in [1.29, 1.82) is 5.26 Å². The average Bonchev–Trinajstić information content (AvgIpc) is 2.15. The molecule has 1 aromatic rings. The van der Waals surface area contributed by atoms with Gasteiger partial charge in [-0.05, 0) is 30.4 Å². The molecule has 0 amide bonds. The Morgan fingerprint density at radius 2 is 2.00 bits per heavy atom. The van der Waals surface area contributed by atoms with Crippen LogP contribution in [0.1, 0.15) is 31.4 Å². The normalized spacial score (nSPS) is 10.0. The second-order valence-corrected chi connectivity index (χ2v) is 3.70. The summed E-state index contributed by atoms with van der Waals surface area (Å²) in [7, 11) is 0. The third kappa shape index (κ3) is 2.91. The van der Waals surface area contributed by atoms with Gasteiger partial charge in [0, 0.05) is 0 Å². The molecule has 0 spiro atoms. The lowest BCUT2D eigenvalue weighted by atomic mass is 9.99. The molecule has 0 bridgehead atoms. The van der Waals surface area contributed by atoms with Gasteiger partial charge in [0.1, 0.15) is 0 Å². The van der Waals surface area contributed by atoms with E-state index in [2.05, 4.69) is 19.9 Å². The lowest BCUT2D eigenvalue weighted by Crippen LogP contribution is -1.94. The summed E-state index contributed by atoms with van der Waals surface area (Å²) in [5.74, 6) is 0.701. The maximum Gasteiger partial charge on any atom is 0.0994 e. The van der Waals surface area contributed by atoms with Crippen LogP contribution < -0.4 is 0 Å². The van der Waals surface area contributed by atoms with Crippen LogP contribution in [0.25, 0.3) is 0 Å².